The summed E-state index contributed by atoms with van der Waals surface area (Å²) in [4.78, 5) is 0. The maximum atomic E-state index is 6.13. The van der Waals surface area contributed by atoms with Crippen molar-refractivity contribution in [2.45, 2.75) is 45.6 Å². The zero-order chi connectivity index (χ0) is 13.0. The third-order valence-electron chi connectivity index (χ3n) is 3.45. The lowest BCUT2D eigenvalue weighted by Crippen LogP contribution is -2.08. The summed E-state index contributed by atoms with van der Waals surface area (Å²) < 4.78 is 5.64. The zero-order valence-electron chi connectivity index (χ0n) is 11.4. The van der Waals surface area contributed by atoms with E-state index in [0.29, 0.717) is 6.04 Å². The average molecular weight is 248 g/mol. The fraction of sp³-hybridized carbons (Fsp3) is 0.600. The molecule has 2 rings (SSSR count). The van der Waals surface area contributed by atoms with Crippen LogP contribution in [0.1, 0.15) is 39.5 Å². The van der Waals surface area contributed by atoms with Gasteiger partial charge in [0.05, 0.1) is 18.0 Å². The van der Waals surface area contributed by atoms with E-state index in [1.807, 2.05) is 18.2 Å². The van der Waals surface area contributed by atoms with Crippen molar-refractivity contribution in [3.8, 4) is 5.75 Å². The molecule has 1 aromatic rings. The minimum absolute atomic E-state index is 0.605. The van der Waals surface area contributed by atoms with Crippen molar-refractivity contribution in [3.63, 3.8) is 0 Å². The molecule has 2 atom stereocenters. The molecule has 0 heterocycles. The first kappa shape index (κ1) is 13.1. The second kappa shape index (κ2) is 5.98. The van der Waals surface area contributed by atoms with Crippen LogP contribution in [0.3, 0.4) is 0 Å². The zero-order valence-corrected chi connectivity index (χ0v) is 11.4. The van der Waals surface area contributed by atoms with Crippen LogP contribution in [0, 0.1) is 5.92 Å². The smallest absolute Gasteiger partial charge is 0.144 e. The SMILES string of the molecule is CCCOc1cccc(NC2CC2CCC)c1N. The monoisotopic (exact) mass is 248 g/mol. The quantitative estimate of drug-likeness (QED) is 0.724. The number of anilines is 2. The number of para-hydroxylation sites is 1. The van der Waals surface area contributed by atoms with Gasteiger partial charge in [-0.2, -0.15) is 0 Å². The number of benzene rings is 1. The lowest BCUT2D eigenvalue weighted by atomic mass is 10.2. The van der Waals surface area contributed by atoms with Gasteiger partial charge < -0.3 is 15.8 Å². The number of ether oxygens (including phenoxy) is 1. The molecule has 3 nitrogen and oxygen atoms in total. The van der Waals surface area contributed by atoms with Crippen LogP contribution in [0.15, 0.2) is 18.2 Å². The molecule has 18 heavy (non-hydrogen) atoms. The highest BCUT2D eigenvalue weighted by molar-refractivity contribution is 5.73. The molecule has 0 amide bonds. The second-order valence-corrected chi connectivity index (χ2v) is 5.10. The third kappa shape index (κ3) is 3.09. The standard InChI is InChI=1S/C15H24N2O/c1-3-6-11-10-13(11)17-12-7-5-8-14(15(12)16)18-9-4-2/h5,7-8,11,13,17H,3-4,6,9-10,16H2,1-2H3. The molecule has 1 saturated carbocycles. The van der Waals surface area contributed by atoms with Crippen LogP contribution in [-0.2, 0) is 0 Å². The van der Waals surface area contributed by atoms with Crippen LogP contribution < -0.4 is 15.8 Å². The molecule has 0 spiro atoms. The Hall–Kier alpha value is -1.38. The Balaban J connectivity index is 1.96. The molecule has 1 aliphatic carbocycles. The van der Waals surface area contributed by atoms with E-state index < -0.39 is 0 Å². The van der Waals surface area contributed by atoms with Gasteiger partial charge in [0.1, 0.15) is 5.75 Å². The van der Waals surface area contributed by atoms with Crippen molar-refractivity contribution in [2.75, 3.05) is 17.7 Å². The van der Waals surface area contributed by atoms with E-state index in [2.05, 4.69) is 19.2 Å². The van der Waals surface area contributed by atoms with Crippen LogP contribution in [0.2, 0.25) is 0 Å². The molecular formula is C15H24N2O. The van der Waals surface area contributed by atoms with Crippen molar-refractivity contribution in [1.82, 2.24) is 0 Å². The molecule has 3 N–H and O–H groups in total. The number of nitrogen functional groups attached to an aromatic ring is 1. The maximum Gasteiger partial charge on any atom is 0.144 e. The fourth-order valence-electron chi connectivity index (χ4n) is 2.32. The van der Waals surface area contributed by atoms with Crippen molar-refractivity contribution in [1.29, 1.82) is 0 Å². The predicted octanol–water partition coefficient (Wildman–Crippen LogP) is 3.66. The summed E-state index contributed by atoms with van der Waals surface area (Å²) in [6, 6.07) is 6.58. The molecule has 1 fully saturated rings. The van der Waals surface area contributed by atoms with Crippen molar-refractivity contribution in [2.24, 2.45) is 5.92 Å². The number of hydrogen-bond acceptors (Lipinski definition) is 3. The maximum absolute atomic E-state index is 6.13. The largest absolute Gasteiger partial charge is 0.491 e. The first-order chi connectivity index (χ1) is 8.76. The Labute approximate surface area is 110 Å². The summed E-state index contributed by atoms with van der Waals surface area (Å²) in [6.07, 6.45) is 4.84. The molecular weight excluding hydrogens is 224 g/mol. The molecule has 3 heteroatoms. The second-order valence-electron chi connectivity index (χ2n) is 5.10. The van der Waals surface area contributed by atoms with E-state index in [1.165, 1.54) is 19.3 Å². The summed E-state index contributed by atoms with van der Waals surface area (Å²) in [5.41, 5.74) is 7.90. The van der Waals surface area contributed by atoms with Crippen LogP contribution in [-0.4, -0.2) is 12.6 Å². The molecule has 100 valence electrons. The molecule has 0 radical (unpaired) electrons. The summed E-state index contributed by atoms with van der Waals surface area (Å²) in [5.74, 6) is 1.63. The summed E-state index contributed by atoms with van der Waals surface area (Å²) in [7, 11) is 0. The number of hydrogen-bond donors (Lipinski definition) is 2. The van der Waals surface area contributed by atoms with E-state index in [4.69, 9.17) is 10.5 Å². The molecule has 2 unspecified atom stereocenters. The molecule has 0 saturated heterocycles. The number of rotatable bonds is 7. The van der Waals surface area contributed by atoms with Crippen molar-refractivity contribution >= 4 is 11.4 Å². The first-order valence-electron chi connectivity index (χ1n) is 7.04. The van der Waals surface area contributed by atoms with Gasteiger partial charge in [0.15, 0.2) is 0 Å². The Morgan fingerprint density at radius 3 is 2.89 bits per heavy atom. The van der Waals surface area contributed by atoms with Crippen molar-refractivity contribution in [3.05, 3.63) is 18.2 Å². The van der Waals surface area contributed by atoms with E-state index in [-0.39, 0.29) is 0 Å². The van der Waals surface area contributed by atoms with Gasteiger partial charge in [-0.3, -0.25) is 0 Å². The van der Waals surface area contributed by atoms with E-state index in [9.17, 15) is 0 Å². The Kier molecular flexibility index (Phi) is 4.34. The van der Waals surface area contributed by atoms with Crippen LogP contribution in [0.25, 0.3) is 0 Å². The van der Waals surface area contributed by atoms with Crippen LogP contribution in [0.4, 0.5) is 11.4 Å². The number of nitrogens with one attached hydrogen (secondary N) is 1. The minimum atomic E-state index is 0.605. The molecule has 0 aliphatic heterocycles. The van der Waals surface area contributed by atoms with Gasteiger partial charge in [0.25, 0.3) is 0 Å². The van der Waals surface area contributed by atoms with Gasteiger partial charge in [-0.15, -0.1) is 0 Å². The van der Waals surface area contributed by atoms with E-state index in [0.717, 1.165) is 36.1 Å². The van der Waals surface area contributed by atoms with Crippen LogP contribution >= 0.6 is 0 Å². The Morgan fingerprint density at radius 2 is 2.17 bits per heavy atom. The summed E-state index contributed by atoms with van der Waals surface area (Å²) in [6.45, 7) is 5.05. The van der Waals surface area contributed by atoms with E-state index in [1.54, 1.807) is 0 Å². The van der Waals surface area contributed by atoms with Gasteiger partial charge in [-0.25, -0.2) is 0 Å². The van der Waals surface area contributed by atoms with Gasteiger partial charge >= 0.3 is 0 Å². The van der Waals surface area contributed by atoms with E-state index >= 15 is 0 Å². The topological polar surface area (TPSA) is 47.3 Å². The molecule has 0 aromatic heterocycles. The highest BCUT2D eigenvalue weighted by Crippen LogP contribution is 2.39. The lowest BCUT2D eigenvalue weighted by molar-refractivity contribution is 0.319. The third-order valence-corrected chi connectivity index (χ3v) is 3.45. The average Bonchev–Trinajstić information content (AvgIpc) is 3.09. The summed E-state index contributed by atoms with van der Waals surface area (Å²) >= 11 is 0. The van der Waals surface area contributed by atoms with Crippen molar-refractivity contribution < 1.29 is 4.74 Å². The summed E-state index contributed by atoms with van der Waals surface area (Å²) in [5, 5.41) is 3.53. The first-order valence-corrected chi connectivity index (χ1v) is 7.04. The van der Waals surface area contributed by atoms with Gasteiger partial charge in [0.2, 0.25) is 0 Å². The fourth-order valence-corrected chi connectivity index (χ4v) is 2.32. The minimum Gasteiger partial charge on any atom is -0.491 e. The number of nitrogens with two attached hydrogens (primary N) is 1. The Bertz CT molecular complexity index is 392. The predicted molar refractivity (Wildman–Crippen MR) is 77.1 cm³/mol. The highest BCUT2D eigenvalue weighted by Gasteiger charge is 2.36. The van der Waals surface area contributed by atoms with Crippen LogP contribution in [0.5, 0.6) is 5.75 Å². The van der Waals surface area contributed by atoms with Gasteiger partial charge in [-0.1, -0.05) is 26.3 Å². The normalized spacial score (nSPS) is 21.7. The van der Waals surface area contributed by atoms with Gasteiger partial charge in [0, 0.05) is 6.04 Å². The molecule has 0 bridgehead atoms. The molecule has 1 aromatic carbocycles. The molecule has 1 aliphatic rings. The Morgan fingerprint density at radius 1 is 1.33 bits per heavy atom. The highest BCUT2D eigenvalue weighted by atomic mass is 16.5. The lowest BCUT2D eigenvalue weighted by Gasteiger charge is -2.13. The van der Waals surface area contributed by atoms with Gasteiger partial charge in [-0.05, 0) is 37.3 Å².